The van der Waals surface area contributed by atoms with Crippen molar-refractivity contribution in [2.24, 2.45) is 0 Å². The Morgan fingerprint density at radius 1 is 1.00 bits per heavy atom. The second kappa shape index (κ2) is 5.55. The lowest BCUT2D eigenvalue weighted by Crippen LogP contribution is -1.91. The highest BCUT2D eigenvalue weighted by molar-refractivity contribution is 6.29. The zero-order chi connectivity index (χ0) is 12.1. The van der Waals surface area contributed by atoms with Crippen LogP contribution in [0.15, 0.2) is 66.2 Å². The Labute approximate surface area is 106 Å². The van der Waals surface area contributed by atoms with E-state index in [1.165, 1.54) is 0 Å². The van der Waals surface area contributed by atoms with Gasteiger partial charge in [0.2, 0.25) is 0 Å². The summed E-state index contributed by atoms with van der Waals surface area (Å²) in [5.74, 6) is 1.64. The molecule has 1 nitrogen and oxygen atoms in total. The van der Waals surface area contributed by atoms with Crippen molar-refractivity contribution in [3.63, 3.8) is 0 Å². The third-order valence-electron chi connectivity index (χ3n) is 2.33. The number of allylic oxidation sites excluding steroid dienone is 1. The second-order valence-corrected chi connectivity index (χ2v) is 4.25. The molecule has 0 aliphatic rings. The predicted molar refractivity (Wildman–Crippen MR) is 71.7 cm³/mol. The number of ether oxygens (including phenoxy) is 1. The van der Waals surface area contributed by atoms with Crippen LogP contribution in [0.1, 0.15) is 5.56 Å². The Morgan fingerprint density at radius 3 is 2.35 bits per heavy atom. The maximum absolute atomic E-state index is 5.84. The third-order valence-corrected chi connectivity index (χ3v) is 2.46. The van der Waals surface area contributed by atoms with Crippen molar-refractivity contribution >= 4 is 11.6 Å². The van der Waals surface area contributed by atoms with Crippen LogP contribution in [0.25, 0.3) is 0 Å². The van der Waals surface area contributed by atoms with Crippen LogP contribution in [0.4, 0.5) is 0 Å². The minimum atomic E-state index is 0.606. The molecule has 0 fully saturated rings. The molecule has 0 bridgehead atoms. The molecule has 0 aliphatic heterocycles. The van der Waals surface area contributed by atoms with Gasteiger partial charge in [0, 0.05) is 17.0 Å². The van der Waals surface area contributed by atoms with Gasteiger partial charge in [-0.2, -0.15) is 0 Å². The lowest BCUT2D eigenvalue weighted by atomic mass is 10.1. The van der Waals surface area contributed by atoms with E-state index in [9.17, 15) is 0 Å². The van der Waals surface area contributed by atoms with E-state index in [-0.39, 0.29) is 0 Å². The van der Waals surface area contributed by atoms with Crippen LogP contribution in [0.3, 0.4) is 0 Å². The lowest BCUT2D eigenvalue weighted by Gasteiger charge is -2.10. The van der Waals surface area contributed by atoms with Gasteiger partial charge in [-0.1, -0.05) is 54.6 Å². The average molecular weight is 245 g/mol. The first-order valence-corrected chi connectivity index (χ1v) is 5.77. The van der Waals surface area contributed by atoms with Crippen LogP contribution >= 0.6 is 11.6 Å². The van der Waals surface area contributed by atoms with Crippen LogP contribution in [0.5, 0.6) is 11.5 Å². The fraction of sp³-hybridized carbons (Fsp3) is 0.0667. The van der Waals surface area contributed by atoms with Gasteiger partial charge in [-0.15, -0.1) is 0 Å². The molecule has 2 heteroatoms. The molecule has 0 N–H and O–H groups in total. The molecule has 0 amide bonds. The quantitative estimate of drug-likeness (QED) is 0.753. The number of benzene rings is 2. The minimum Gasteiger partial charge on any atom is -0.457 e. The lowest BCUT2D eigenvalue weighted by molar-refractivity contribution is 0.477. The van der Waals surface area contributed by atoms with Crippen molar-refractivity contribution in [3.05, 3.63) is 71.8 Å². The number of hydrogen-bond donors (Lipinski definition) is 0. The van der Waals surface area contributed by atoms with Crippen LogP contribution in [0.2, 0.25) is 0 Å². The van der Waals surface area contributed by atoms with Gasteiger partial charge in [0.25, 0.3) is 0 Å². The monoisotopic (exact) mass is 244 g/mol. The molecule has 2 rings (SSSR count). The van der Waals surface area contributed by atoms with E-state index in [0.29, 0.717) is 11.5 Å². The summed E-state index contributed by atoms with van der Waals surface area (Å²) in [7, 11) is 0. The molecule has 2 aromatic carbocycles. The number of rotatable bonds is 4. The summed E-state index contributed by atoms with van der Waals surface area (Å²) in [6, 6.07) is 17.5. The van der Waals surface area contributed by atoms with E-state index in [1.807, 2.05) is 54.6 Å². The summed E-state index contributed by atoms with van der Waals surface area (Å²) in [6.07, 6.45) is 0.616. The highest BCUT2D eigenvalue weighted by Crippen LogP contribution is 2.27. The maximum atomic E-state index is 5.84. The SMILES string of the molecule is C=C(Cl)Cc1ccccc1Oc1ccccc1. The molecule has 2 aromatic rings. The van der Waals surface area contributed by atoms with Gasteiger partial charge in [-0.05, 0) is 18.2 Å². The molecule has 0 aromatic heterocycles. The second-order valence-electron chi connectivity index (χ2n) is 3.72. The molecule has 0 saturated carbocycles. The Kier molecular flexibility index (Phi) is 3.84. The van der Waals surface area contributed by atoms with Crippen molar-refractivity contribution in [1.29, 1.82) is 0 Å². The molecule has 17 heavy (non-hydrogen) atoms. The van der Waals surface area contributed by atoms with Crippen molar-refractivity contribution in [2.75, 3.05) is 0 Å². The van der Waals surface area contributed by atoms with Gasteiger partial charge in [0.1, 0.15) is 11.5 Å². The third kappa shape index (κ3) is 3.36. The van der Waals surface area contributed by atoms with Crippen molar-refractivity contribution in [3.8, 4) is 11.5 Å². The van der Waals surface area contributed by atoms with Crippen LogP contribution in [-0.4, -0.2) is 0 Å². The smallest absolute Gasteiger partial charge is 0.130 e. The Hall–Kier alpha value is -1.73. The summed E-state index contributed by atoms with van der Waals surface area (Å²) >= 11 is 5.84. The fourth-order valence-electron chi connectivity index (χ4n) is 1.57. The van der Waals surface area contributed by atoms with E-state index in [2.05, 4.69) is 6.58 Å². The fourth-order valence-corrected chi connectivity index (χ4v) is 1.72. The first kappa shape index (κ1) is 11.7. The van der Waals surface area contributed by atoms with E-state index in [0.717, 1.165) is 17.1 Å². The van der Waals surface area contributed by atoms with Gasteiger partial charge < -0.3 is 4.74 Å². The highest BCUT2D eigenvalue weighted by Gasteiger charge is 2.04. The van der Waals surface area contributed by atoms with Gasteiger partial charge in [0.15, 0.2) is 0 Å². The molecular weight excluding hydrogens is 232 g/mol. The Balaban J connectivity index is 2.23. The molecule has 0 heterocycles. The molecule has 0 aliphatic carbocycles. The Morgan fingerprint density at radius 2 is 1.65 bits per heavy atom. The predicted octanol–water partition coefficient (Wildman–Crippen LogP) is 4.77. The average Bonchev–Trinajstić information content (AvgIpc) is 2.32. The maximum Gasteiger partial charge on any atom is 0.130 e. The minimum absolute atomic E-state index is 0.606. The standard InChI is InChI=1S/C15H13ClO/c1-12(16)11-13-7-5-6-10-15(13)17-14-8-3-2-4-9-14/h2-10H,1,11H2. The van der Waals surface area contributed by atoms with E-state index >= 15 is 0 Å². The summed E-state index contributed by atoms with van der Waals surface area (Å²) in [4.78, 5) is 0. The van der Waals surface area contributed by atoms with Gasteiger partial charge in [-0.3, -0.25) is 0 Å². The molecule has 0 saturated heterocycles. The molecule has 86 valence electrons. The highest BCUT2D eigenvalue weighted by atomic mass is 35.5. The molecule has 0 atom stereocenters. The molecule has 0 spiro atoms. The number of halogens is 1. The van der Waals surface area contributed by atoms with Gasteiger partial charge in [-0.25, -0.2) is 0 Å². The summed E-state index contributed by atoms with van der Waals surface area (Å²) in [6.45, 7) is 3.71. The Bertz CT molecular complexity index is 505. The number of para-hydroxylation sites is 2. The molecular formula is C15H13ClO. The summed E-state index contributed by atoms with van der Waals surface area (Å²) < 4.78 is 5.81. The largest absolute Gasteiger partial charge is 0.457 e. The first-order chi connectivity index (χ1) is 8.25. The zero-order valence-corrected chi connectivity index (χ0v) is 10.2. The van der Waals surface area contributed by atoms with Gasteiger partial charge >= 0.3 is 0 Å². The summed E-state index contributed by atoms with van der Waals surface area (Å²) in [5.41, 5.74) is 1.04. The van der Waals surface area contributed by atoms with E-state index < -0.39 is 0 Å². The van der Waals surface area contributed by atoms with Gasteiger partial charge in [0.05, 0.1) is 0 Å². The van der Waals surface area contributed by atoms with E-state index in [4.69, 9.17) is 16.3 Å². The van der Waals surface area contributed by atoms with Crippen LogP contribution in [0, 0.1) is 0 Å². The van der Waals surface area contributed by atoms with Crippen molar-refractivity contribution < 1.29 is 4.74 Å². The molecule has 0 radical (unpaired) electrons. The normalized spacial score (nSPS) is 9.94. The topological polar surface area (TPSA) is 9.23 Å². The van der Waals surface area contributed by atoms with E-state index in [1.54, 1.807) is 0 Å². The summed E-state index contributed by atoms with van der Waals surface area (Å²) in [5, 5.41) is 0.606. The van der Waals surface area contributed by atoms with Crippen LogP contribution in [-0.2, 0) is 6.42 Å². The van der Waals surface area contributed by atoms with Crippen LogP contribution < -0.4 is 4.74 Å². The molecule has 0 unspecified atom stereocenters. The zero-order valence-electron chi connectivity index (χ0n) is 9.40. The van der Waals surface area contributed by atoms with Crippen molar-refractivity contribution in [2.45, 2.75) is 6.42 Å². The number of hydrogen-bond acceptors (Lipinski definition) is 1. The van der Waals surface area contributed by atoms with Crippen molar-refractivity contribution in [1.82, 2.24) is 0 Å². The first-order valence-electron chi connectivity index (χ1n) is 5.40.